The average Bonchev–Trinajstić information content (AvgIpc) is 2.77. The van der Waals surface area contributed by atoms with E-state index < -0.39 is 0 Å². The number of ether oxygens (including phenoxy) is 2. The smallest absolute Gasteiger partial charge is 0.317 e. The van der Waals surface area contributed by atoms with Crippen molar-refractivity contribution < 1.29 is 19.1 Å². The minimum atomic E-state index is -0.0360. The number of carbonyl (C=O) groups excluding carboxylic acids is 2. The third-order valence-corrected chi connectivity index (χ3v) is 8.39. The Morgan fingerprint density at radius 2 is 1.52 bits per heavy atom. The van der Waals surface area contributed by atoms with Crippen molar-refractivity contribution in [3.8, 4) is 11.5 Å². The van der Waals surface area contributed by atoms with E-state index in [2.05, 4.69) is 5.32 Å². The maximum atomic E-state index is 13.1. The normalized spacial score (nSPS) is 33.9. The first-order valence-electron chi connectivity index (χ1n) is 12.1. The van der Waals surface area contributed by atoms with E-state index >= 15 is 0 Å². The zero-order valence-electron chi connectivity index (χ0n) is 18.1. The molecule has 6 aliphatic rings. The number of benzene rings is 1. The Morgan fingerprint density at radius 1 is 0.903 bits per heavy atom. The van der Waals surface area contributed by atoms with Crippen LogP contribution in [0.15, 0.2) is 18.2 Å². The lowest BCUT2D eigenvalue weighted by Gasteiger charge is -2.57. The number of hydrogen-bond acceptors (Lipinski definition) is 4. The van der Waals surface area contributed by atoms with Crippen molar-refractivity contribution in [3.05, 3.63) is 23.8 Å². The molecule has 2 amide bonds. The molecule has 0 atom stereocenters. The molecule has 31 heavy (non-hydrogen) atoms. The molecule has 4 saturated carbocycles. The van der Waals surface area contributed by atoms with Gasteiger partial charge < -0.3 is 19.7 Å². The highest BCUT2D eigenvalue weighted by molar-refractivity contribution is 5.98. The number of likely N-dealkylation sites (tertiary alicyclic amines) is 1. The first kappa shape index (κ1) is 19.4. The molecule has 5 fully saturated rings. The summed E-state index contributed by atoms with van der Waals surface area (Å²) in [4.78, 5) is 28.1. The van der Waals surface area contributed by atoms with E-state index in [1.54, 1.807) is 0 Å². The molecule has 166 valence electrons. The number of piperidine rings is 1. The summed E-state index contributed by atoms with van der Waals surface area (Å²) in [5.74, 6) is 3.94. The molecule has 6 nitrogen and oxygen atoms in total. The Balaban J connectivity index is 1.06. The Hall–Kier alpha value is -2.24. The number of rotatable bonds is 3. The Morgan fingerprint density at radius 3 is 2.16 bits per heavy atom. The number of Topliss-reactive ketones (excluding diaryl/α,β-unsaturated/α-hetero) is 1. The largest absolute Gasteiger partial charge is 0.486 e. The minimum absolute atomic E-state index is 0.0360. The van der Waals surface area contributed by atoms with Crippen LogP contribution in [0.3, 0.4) is 0 Å². The molecule has 6 heteroatoms. The zero-order valence-corrected chi connectivity index (χ0v) is 18.1. The second-order valence-corrected chi connectivity index (χ2v) is 10.6. The molecule has 2 aliphatic heterocycles. The third-order valence-electron chi connectivity index (χ3n) is 8.39. The summed E-state index contributed by atoms with van der Waals surface area (Å²) in [5.41, 5.74) is 0.727. The molecule has 2 heterocycles. The van der Waals surface area contributed by atoms with Crippen LogP contribution in [-0.2, 0) is 0 Å². The van der Waals surface area contributed by atoms with Crippen LogP contribution in [0.2, 0.25) is 0 Å². The van der Waals surface area contributed by atoms with E-state index in [1.165, 1.54) is 38.5 Å². The third kappa shape index (κ3) is 3.58. The molecule has 0 radical (unpaired) electrons. The minimum Gasteiger partial charge on any atom is -0.486 e. The van der Waals surface area contributed by atoms with Crippen LogP contribution in [0, 0.1) is 23.7 Å². The van der Waals surface area contributed by atoms with Crippen molar-refractivity contribution in [3.63, 3.8) is 0 Å². The van der Waals surface area contributed by atoms with Crippen LogP contribution in [0.5, 0.6) is 11.5 Å². The van der Waals surface area contributed by atoms with E-state index in [4.69, 9.17) is 9.47 Å². The summed E-state index contributed by atoms with van der Waals surface area (Å²) in [7, 11) is 0. The SMILES string of the molecule is O=C(c1ccc2c(c1)OCCO2)C1CCN(C(=O)NC23CC4CC(CC(C4)C2)C3)CC1. The molecule has 4 bridgehead atoms. The number of nitrogens with one attached hydrogen (secondary N) is 1. The fourth-order valence-corrected chi connectivity index (χ4v) is 7.35. The van der Waals surface area contributed by atoms with Gasteiger partial charge in [-0.1, -0.05) is 0 Å². The zero-order chi connectivity index (χ0) is 21.0. The van der Waals surface area contributed by atoms with Gasteiger partial charge in [0.15, 0.2) is 17.3 Å². The van der Waals surface area contributed by atoms with Crippen molar-refractivity contribution in [1.82, 2.24) is 10.2 Å². The van der Waals surface area contributed by atoms with Gasteiger partial charge in [-0.25, -0.2) is 4.79 Å². The number of carbonyl (C=O) groups is 2. The molecular weight excluding hydrogens is 392 g/mol. The maximum absolute atomic E-state index is 13.1. The molecule has 1 N–H and O–H groups in total. The number of hydrogen-bond donors (Lipinski definition) is 1. The second-order valence-electron chi connectivity index (χ2n) is 10.6. The van der Waals surface area contributed by atoms with E-state index in [0.29, 0.717) is 43.4 Å². The van der Waals surface area contributed by atoms with Gasteiger partial charge in [0.1, 0.15) is 13.2 Å². The predicted molar refractivity (Wildman–Crippen MR) is 115 cm³/mol. The van der Waals surface area contributed by atoms with Crippen LogP contribution in [0.25, 0.3) is 0 Å². The van der Waals surface area contributed by atoms with Crippen molar-refractivity contribution in [2.75, 3.05) is 26.3 Å². The van der Waals surface area contributed by atoms with Crippen LogP contribution in [-0.4, -0.2) is 48.6 Å². The van der Waals surface area contributed by atoms with Gasteiger partial charge in [0, 0.05) is 30.1 Å². The fourth-order valence-electron chi connectivity index (χ4n) is 7.35. The van der Waals surface area contributed by atoms with Crippen molar-refractivity contribution >= 4 is 11.8 Å². The summed E-state index contributed by atoms with van der Waals surface area (Å²) in [5, 5.41) is 3.48. The van der Waals surface area contributed by atoms with Gasteiger partial charge in [0.05, 0.1) is 0 Å². The lowest BCUT2D eigenvalue weighted by Crippen LogP contribution is -2.62. The van der Waals surface area contributed by atoms with Gasteiger partial charge in [-0.2, -0.15) is 0 Å². The summed E-state index contributed by atoms with van der Waals surface area (Å²) in [6.07, 6.45) is 9.09. The Labute approximate surface area is 183 Å². The topological polar surface area (TPSA) is 67.9 Å². The molecule has 1 saturated heterocycles. The first-order valence-corrected chi connectivity index (χ1v) is 12.1. The molecular formula is C25H32N2O4. The van der Waals surface area contributed by atoms with E-state index in [-0.39, 0.29) is 23.3 Å². The molecule has 0 aromatic heterocycles. The van der Waals surface area contributed by atoms with E-state index in [1.807, 2.05) is 23.1 Å². The summed E-state index contributed by atoms with van der Waals surface area (Å²) < 4.78 is 11.2. The van der Waals surface area contributed by atoms with Crippen molar-refractivity contribution in [1.29, 1.82) is 0 Å². The lowest BCUT2D eigenvalue weighted by atomic mass is 9.53. The van der Waals surface area contributed by atoms with Gasteiger partial charge in [0.25, 0.3) is 0 Å². The van der Waals surface area contributed by atoms with Crippen LogP contribution in [0.4, 0.5) is 4.79 Å². The molecule has 1 aromatic carbocycles. The monoisotopic (exact) mass is 424 g/mol. The summed E-state index contributed by atoms with van der Waals surface area (Å²) >= 11 is 0. The molecule has 1 aromatic rings. The Kier molecular flexibility index (Phi) is 4.65. The van der Waals surface area contributed by atoms with Gasteiger partial charge in [-0.3, -0.25) is 4.79 Å². The van der Waals surface area contributed by atoms with Crippen molar-refractivity contribution in [2.45, 2.75) is 56.9 Å². The van der Waals surface area contributed by atoms with E-state index in [9.17, 15) is 9.59 Å². The van der Waals surface area contributed by atoms with E-state index in [0.717, 1.165) is 30.6 Å². The Bertz CT molecular complexity index is 854. The first-order chi connectivity index (χ1) is 15.1. The number of fused-ring (bicyclic) bond motifs is 1. The van der Waals surface area contributed by atoms with Gasteiger partial charge in [-0.15, -0.1) is 0 Å². The summed E-state index contributed by atoms with van der Waals surface area (Å²) in [6.45, 7) is 2.37. The van der Waals surface area contributed by atoms with Gasteiger partial charge in [-0.05, 0) is 87.3 Å². The predicted octanol–water partition coefficient (Wildman–Crippen LogP) is 4.03. The highest BCUT2D eigenvalue weighted by atomic mass is 16.6. The number of urea groups is 1. The van der Waals surface area contributed by atoms with Crippen LogP contribution < -0.4 is 14.8 Å². The molecule has 0 spiro atoms. The van der Waals surface area contributed by atoms with Gasteiger partial charge in [0.2, 0.25) is 0 Å². The number of amides is 2. The molecule has 4 aliphatic carbocycles. The highest BCUT2D eigenvalue weighted by Crippen LogP contribution is 2.55. The highest BCUT2D eigenvalue weighted by Gasteiger charge is 2.52. The van der Waals surface area contributed by atoms with Gasteiger partial charge >= 0.3 is 6.03 Å². The van der Waals surface area contributed by atoms with Crippen molar-refractivity contribution in [2.24, 2.45) is 23.7 Å². The second kappa shape index (κ2) is 7.42. The lowest BCUT2D eigenvalue weighted by molar-refractivity contribution is -0.0161. The quantitative estimate of drug-likeness (QED) is 0.744. The molecule has 7 rings (SSSR count). The summed E-state index contributed by atoms with van der Waals surface area (Å²) in [6, 6.07) is 5.56. The van der Waals surface area contributed by atoms with Crippen LogP contribution >= 0.6 is 0 Å². The standard InChI is InChI=1S/C25H32N2O4/c28-23(20-1-2-21-22(12-20)31-8-7-30-21)19-3-5-27(6-4-19)24(29)26-25-13-16-9-17(14-25)11-18(10-16)15-25/h1-2,12,16-19H,3-11,13-15H2,(H,26,29). The average molecular weight is 425 g/mol. The maximum Gasteiger partial charge on any atom is 0.317 e. The number of nitrogens with zero attached hydrogens (tertiary/aromatic N) is 1. The fraction of sp³-hybridized carbons (Fsp3) is 0.680. The number of ketones is 1. The van der Waals surface area contributed by atoms with Crippen LogP contribution in [0.1, 0.15) is 61.7 Å². The molecule has 0 unspecified atom stereocenters.